The molecule has 0 aromatic heterocycles. The van der Waals surface area contributed by atoms with Gasteiger partial charge in [-0.15, -0.1) is 0 Å². The molecule has 5 nitrogen and oxygen atoms in total. The highest BCUT2D eigenvalue weighted by Crippen LogP contribution is 2.23. The van der Waals surface area contributed by atoms with Gasteiger partial charge in [-0.2, -0.15) is 0 Å². The van der Waals surface area contributed by atoms with E-state index >= 15 is 0 Å². The summed E-state index contributed by atoms with van der Waals surface area (Å²) in [5, 5.41) is 0. The van der Waals surface area contributed by atoms with E-state index in [4.69, 9.17) is 4.74 Å². The second-order valence-electron chi connectivity index (χ2n) is 6.80. The molecule has 0 spiro atoms. The minimum Gasteiger partial charge on any atom is -0.378 e. The molecule has 0 saturated carbocycles. The van der Waals surface area contributed by atoms with Crippen molar-refractivity contribution in [2.24, 2.45) is 0 Å². The summed E-state index contributed by atoms with van der Waals surface area (Å²) in [6, 6.07) is 13.2. The summed E-state index contributed by atoms with van der Waals surface area (Å²) in [5.41, 5.74) is 3.76. The third kappa shape index (κ3) is 4.26. The monoisotopic (exact) mass is 374 g/mol. The molecule has 0 aliphatic carbocycles. The van der Waals surface area contributed by atoms with Gasteiger partial charge in [0.25, 0.3) is 0 Å². The van der Waals surface area contributed by atoms with Crippen molar-refractivity contribution in [1.82, 2.24) is 4.72 Å². The van der Waals surface area contributed by atoms with E-state index in [1.54, 1.807) is 6.07 Å². The Labute approximate surface area is 156 Å². The van der Waals surface area contributed by atoms with Gasteiger partial charge >= 0.3 is 0 Å². The van der Waals surface area contributed by atoms with Crippen LogP contribution in [-0.4, -0.2) is 34.7 Å². The Morgan fingerprint density at radius 2 is 1.69 bits per heavy atom. The van der Waals surface area contributed by atoms with Crippen molar-refractivity contribution in [1.29, 1.82) is 0 Å². The second kappa shape index (κ2) is 7.78. The molecular weight excluding hydrogens is 348 g/mol. The van der Waals surface area contributed by atoms with Crippen molar-refractivity contribution < 1.29 is 13.2 Å². The molecule has 1 aliphatic heterocycles. The predicted octanol–water partition coefficient (Wildman–Crippen LogP) is 3.18. The predicted molar refractivity (Wildman–Crippen MR) is 104 cm³/mol. The maximum absolute atomic E-state index is 12.8. The van der Waals surface area contributed by atoms with Gasteiger partial charge in [0.2, 0.25) is 10.0 Å². The molecule has 0 radical (unpaired) electrons. The summed E-state index contributed by atoms with van der Waals surface area (Å²) in [6.45, 7) is 8.83. The lowest BCUT2D eigenvalue weighted by molar-refractivity contribution is 0.122. The fourth-order valence-electron chi connectivity index (χ4n) is 3.16. The highest BCUT2D eigenvalue weighted by Gasteiger charge is 2.21. The van der Waals surface area contributed by atoms with Crippen molar-refractivity contribution in [2.45, 2.75) is 31.7 Å². The fraction of sp³-hybridized carbons (Fsp3) is 0.400. The van der Waals surface area contributed by atoms with E-state index in [9.17, 15) is 8.42 Å². The lowest BCUT2D eigenvalue weighted by Gasteiger charge is -2.29. The minimum atomic E-state index is -3.57. The zero-order valence-corrected chi connectivity index (χ0v) is 16.3. The lowest BCUT2D eigenvalue weighted by Crippen LogP contribution is -2.36. The van der Waals surface area contributed by atoms with Crippen molar-refractivity contribution in [3.05, 3.63) is 59.2 Å². The highest BCUT2D eigenvalue weighted by molar-refractivity contribution is 7.89. The van der Waals surface area contributed by atoms with Crippen LogP contribution in [0.1, 0.15) is 29.7 Å². The molecule has 2 aromatic rings. The Balaban J connectivity index is 1.74. The molecule has 1 heterocycles. The average molecular weight is 375 g/mol. The van der Waals surface area contributed by atoms with Gasteiger partial charge in [0.15, 0.2) is 0 Å². The smallest absolute Gasteiger partial charge is 0.241 e. The van der Waals surface area contributed by atoms with Crippen LogP contribution in [0.15, 0.2) is 47.4 Å². The van der Waals surface area contributed by atoms with Crippen LogP contribution in [-0.2, 0) is 14.8 Å². The molecule has 6 heteroatoms. The third-order valence-corrected chi connectivity index (χ3v) is 6.42. The number of benzene rings is 2. The lowest BCUT2D eigenvalue weighted by atomic mass is 10.1. The molecule has 1 fully saturated rings. The first-order valence-corrected chi connectivity index (χ1v) is 10.4. The number of hydrogen-bond acceptors (Lipinski definition) is 4. The molecule has 0 bridgehead atoms. The van der Waals surface area contributed by atoms with Gasteiger partial charge in [0, 0.05) is 24.8 Å². The SMILES string of the molecule is Cc1ccc(C)c(S(=O)(=O)NC(C)c2ccc(N3CCOCC3)cc2)c1. The maximum Gasteiger partial charge on any atom is 0.241 e. The van der Waals surface area contributed by atoms with E-state index in [1.807, 2.05) is 57.2 Å². The van der Waals surface area contributed by atoms with Crippen LogP contribution in [0.4, 0.5) is 5.69 Å². The van der Waals surface area contributed by atoms with Gasteiger partial charge in [-0.25, -0.2) is 13.1 Å². The van der Waals surface area contributed by atoms with E-state index in [2.05, 4.69) is 9.62 Å². The Morgan fingerprint density at radius 3 is 2.35 bits per heavy atom. The number of ether oxygens (including phenoxy) is 1. The van der Waals surface area contributed by atoms with E-state index in [0.717, 1.165) is 48.7 Å². The largest absolute Gasteiger partial charge is 0.378 e. The molecule has 26 heavy (non-hydrogen) atoms. The summed E-state index contributed by atoms with van der Waals surface area (Å²) in [4.78, 5) is 2.62. The number of nitrogens with one attached hydrogen (secondary N) is 1. The van der Waals surface area contributed by atoms with Gasteiger partial charge in [-0.3, -0.25) is 0 Å². The molecular formula is C20H26N2O3S. The van der Waals surface area contributed by atoms with Gasteiger partial charge in [-0.05, 0) is 55.7 Å². The second-order valence-corrected chi connectivity index (χ2v) is 8.49. The summed E-state index contributed by atoms with van der Waals surface area (Å²) in [6.07, 6.45) is 0. The van der Waals surface area contributed by atoms with Crippen LogP contribution in [0.3, 0.4) is 0 Å². The normalized spacial score (nSPS) is 16.5. The van der Waals surface area contributed by atoms with E-state index in [1.165, 1.54) is 0 Å². The zero-order valence-electron chi connectivity index (χ0n) is 15.5. The molecule has 2 aromatic carbocycles. The van der Waals surface area contributed by atoms with Crippen molar-refractivity contribution in [3.63, 3.8) is 0 Å². The number of nitrogens with zero attached hydrogens (tertiary/aromatic N) is 1. The van der Waals surface area contributed by atoms with Crippen LogP contribution >= 0.6 is 0 Å². The molecule has 1 unspecified atom stereocenters. The number of hydrogen-bond donors (Lipinski definition) is 1. The summed E-state index contributed by atoms with van der Waals surface area (Å²) < 4.78 is 33.7. The van der Waals surface area contributed by atoms with Crippen molar-refractivity contribution in [3.8, 4) is 0 Å². The topological polar surface area (TPSA) is 58.6 Å². The van der Waals surface area contributed by atoms with Crippen molar-refractivity contribution >= 4 is 15.7 Å². The van der Waals surface area contributed by atoms with Crippen LogP contribution in [0, 0.1) is 13.8 Å². The number of sulfonamides is 1. The van der Waals surface area contributed by atoms with E-state index < -0.39 is 10.0 Å². The number of aryl methyl sites for hydroxylation is 2. The highest BCUT2D eigenvalue weighted by atomic mass is 32.2. The van der Waals surface area contributed by atoms with Gasteiger partial charge in [0.1, 0.15) is 0 Å². The molecule has 140 valence electrons. The first kappa shape index (κ1) is 18.9. The Morgan fingerprint density at radius 1 is 1.04 bits per heavy atom. The van der Waals surface area contributed by atoms with Crippen molar-refractivity contribution in [2.75, 3.05) is 31.2 Å². The standard InChI is InChI=1S/C20H26N2O3S/c1-15-4-5-16(2)20(14-15)26(23,24)21-17(3)18-6-8-19(9-7-18)22-10-12-25-13-11-22/h4-9,14,17,21H,10-13H2,1-3H3. The molecule has 1 atom stereocenters. The molecule has 1 N–H and O–H groups in total. The van der Waals surface area contributed by atoms with E-state index in [-0.39, 0.29) is 6.04 Å². The Kier molecular flexibility index (Phi) is 5.65. The number of rotatable bonds is 5. The quantitative estimate of drug-likeness (QED) is 0.873. The van der Waals surface area contributed by atoms with E-state index in [0.29, 0.717) is 4.90 Å². The molecule has 1 saturated heterocycles. The van der Waals surface area contributed by atoms with Gasteiger partial charge in [0.05, 0.1) is 18.1 Å². The fourth-order valence-corrected chi connectivity index (χ4v) is 4.72. The minimum absolute atomic E-state index is 0.307. The third-order valence-electron chi connectivity index (χ3n) is 4.73. The Bertz CT molecular complexity index is 857. The Hall–Kier alpha value is -1.89. The van der Waals surface area contributed by atoms with Crippen LogP contribution in [0.25, 0.3) is 0 Å². The van der Waals surface area contributed by atoms with Gasteiger partial charge < -0.3 is 9.64 Å². The first-order chi connectivity index (χ1) is 12.4. The van der Waals surface area contributed by atoms with Crippen LogP contribution in [0.5, 0.6) is 0 Å². The molecule has 1 aliphatic rings. The number of morpholine rings is 1. The van der Waals surface area contributed by atoms with Crippen LogP contribution in [0.2, 0.25) is 0 Å². The van der Waals surface area contributed by atoms with Gasteiger partial charge in [-0.1, -0.05) is 24.3 Å². The number of anilines is 1. The zero-order chi connectivity index (χ0) is 18.7. The molecule has 0 amide bonds. The average Bonchev–Trinajstić information content (AvgIpc) is 2.64. The summed E-state index contributed by atoms with van der Waals surface area (Å²) >= 11 is 0. The summed E-state index contributed by atoms with van der Waals surface area (Å²) in [5.74, 6) is 0. The molecule has 3 rings (SSSR count). The first-order valence-electron chi connectivity index (χ1n) is 8.89. The van der Waals surface area contributed by atoms with Crippen LogP contribution < -0.4 is 9.62 Å². The maximum atomic E-state index is 12.8. The summed E-state index contributed by atoms with van der Waals surface area (Å²) in [7, 11) is -3.57.